The number of amides is 2. The summed E-state index contributed by atoms with van der Waals surface area (Å²) in [4.78, 5) is 36.9. The van der Waals surface area contributed by atoms with Crippen molar-refractivity contribution >= 4 is 23.5 Å². The van der Waals surface area contributed by atoms with Crippen LogP contribution in [-0.4, -0.2) is 47.0 Å². The van der Waals surface area contributed by atoms with E-state index in [0.717, 1.165) is 49.2 Å². The van der Waals surface area contributed by atoms with Gasteiger partial charge in [0.15, 0.2) is 0 Å². The first-order valence-corrected chi connectivity index (χ1v) is 12.6. The molecule has 3 aromatic rings. The average Bonchev–Trinajstić information content (AvgIpc) is 3.23. The van der Waals surface area contributed by atoms with Gasteiger partial charge in [0, 0.05) is 31.4 Å². The first-order chi connectivity index (χ1) is 18.0. The van der Waals surface area contributed by atoms with Crippen LogP contribution in [0.1, 0.15) is 52.7 Å². The number of hydrazine groups is 1. The Hall–Kier alpha value is -4.14. The molecule has 1 aromatic heterocycles. The largest absolute Gasteiger partial charge is 0.497 e. The lowest BCUT2D eigenvalue weighted by atomic mass is 10.1. The number of nitrogens with one attached hydrogen (secondary N) is 1. The van der Waals surface area contributed by atoms with Crippen molar-refractivity contribution < 1.29 is 19.1 Å². The molecule has 2 aromatic carbocycles. The molecule has 9 nitrogen and oxygen atoms in total. The van der Waals surface area contributed by atoms with E-state index >= 15 is 0 Å². The Bertz CT molecular complexity index is 1290. The van der Waals surface area contributed by atoms with E-state index in [1.165, 1.54) is 22.3 Å². The number of carbonyl (C=O) groups excluding carboxylic acids is 2. The molecule has 0 radical (unpaired) electrons. The lowest BCUT2D eigenvalue weighted by Crippen LogP contribution is -2.46. The van der Waals surface area contributed by atoms with Gasteiger partial charge in [-0.2, -0.15) is 4.98 Å². The summed E-state index contributed by atoms with van der Waals surface area (Å²) in [5.74, 6) is 0.825. The van der Waals surface area contributed by atoms with Crippen LogP contribution in [-0.2, 0) is 17.8 Å². The van der Waals surface area contributed by atoms with Crippen LogP contribution in [0.4, 0.5) is 11.6 Å². The maximum absolute atomic E-state index is 13.3. The fourth-order valence-corrected chi connectivity index (χ4v) is 4.65. The standard InChI is InChI=1S/C28H31N5O4/c1-19-7-12-24-21(16-19)13-15-32(24)28-29-17-23(26(35)31-33-14-5-3-4-6-25(33)34)27(30-28)37-18-20-8-10-22(36-2)11-9-20/h7-12,16-17H,3-6,13-15,18H2,1-2H3,(H,31,35). The Morgan fingerprint density at radius 2 is 1.89 bits per heavy atom. The number of hydrogen-bond acceptors (Lipinski definition) is 7. The van der Waals surface area contributed by atoms with Gasteiger partial charge in [0.05, 0.1) is 7.11 Å². The molecule has 2 amide bonds. The Morgan fingerprint density at radius 1 is 1.05 bits per heavy atom. The van der Waals surface area contributed by atoms with Crippen LogP contribution in [0, 0.1) is 6.92 Å². The van der Waals surface area contributed by atoms with Crippen LogP contribution in [0.2, 0.25) is 0 Å². The van der Waals surface area contributed by atoms with Gasteiger partial charge in [-0.3, -0.25) is 20.0 Å². The van der Waals surface area contributed by atoms with Gasteiger partial charge >= 0.3 is 0 Å². The van der Waals surface area contributed by atoms with Crippen molar-refractivity contribution in [3.05, 3.63) is 70.9 Å². The summed E-state index contributed by atoms with van der Waals surface area (Å²) in [6.07, 6.45) is 5.43. The fraction of sp³-hybridized carbons (Fsp3) is 0.357. The molecule has 0 saturated carbocycles. The molecule has 2 aliphatic heterocycles. The molecule has 0 spiro atoms. The van der Waals surface area contributed by atoms with Crippen molar-refractivity contribution in [2.45, 2.75) is 45.6 Å². The van der Waals surface area contributed by atoms with E-state index < -0.39 is 5.91 Å². The van der Waals surface area contributed by atoms with Gasteiger partial charge in [-0.05, 0) is 55.5 Å². The minimum atomic E-state index is -0.469. The van der Waals surface area contributed by atoms with Gasteiger partial charge in [-0.15, -0.1) is 0 Å². The molecule has 37 heavy (non-hydrogen) atoms. The van der Waals surface area contributed by atoms with Crippen LogP contribution < -0.4 is 19.8 Å². The number of fused-ring (bicyclic) bond motifs is 1. The van der Waals surface area contributed by atoms with Gasteiger partial charge < -0.3 is 14.4 Å². The molecule has 3 heterocycles. The van der Waals surface area contributed by atoms with Crippen molar-refractivity contribution in [1.29, 1.82) is 0 Å². The number of benzene rings is 2. The summed E-state index contributed by atoms with van der Waals surface area (Å²) < 4.78 is 11.3. The van der Waals surface area contributed by atoms with Crippen LogP contribution in [0.25, 0.3) is 0 Å². The zero-order valence-electron chi connectivity index (χ0n) is 21.2. The smallest absolute Gasteiger partial charge is 0.276 e. The molecule has 0 unspecified atom stereocenters. The van der Waals surface area contributed by atoms with E-state index in [0.29, 0.717) is 18.9 Å². The highest BCUT2D eigenvalue weighted by Crippen LogP contribution is 2.34. The summed E-state index contributed by atoms with van der Waals surface area (Å²) in [5, 5.41) is 1.40. The van der Waals surface area contributed by atoms with Gasteiger partial charge in [-0.25, -0.2) is 4.98 Å². The second-order valence-corrected chi connectivity index (χ2v) is 9.36. The molecule has 192 valence electrons. The third-order valence-electron chi connectivity index (χ3n) is 6.70. The van der Waals surface area contributed by atoms with Gasteiger partial charge in [0.1, 0.15) is 17.9 Å². The second kappa shape index (κ2) is 10.9. The third-order valence-corrected chi connectivity index (χ3v) is 6.70. The maximum Gasteiger partial charge on any atom is 0.276 e. The number of aryl methyl sites for hydroxylation is 1. The summed E-state index contributed by atoms with van der Waals surface area (Å²) in [6.45, 7) is 3.51. The number of ether oxygens (including phenoxy) is 2. The minimum absolute atomic E-state index is 0.0898. The summed E-state index contributed by atoms with van der Waals surface area (Å²) in [5.41, 5.74) is 7.33. The van der Waals surface area contributed by atoms with Crippen molar-refractivity contribution in [2.75, 3.05) is 25.1 Å². The monoisotopic (exact) mass is 501 g/mol. The molecular weight excluding hydrogens is 470 g/mol. The molecular formula is C28H31N5O4. The van der Waals surface area contributed by atoms with E-state index in [1.54, 1.807) is 7.11 Å². The topological polar surface area (TPSA) is 96.9 Å². The lowest BCUT2D eigenvalue weighted by Gasteiger charge is -2.22. The van der Waals surface area contributed by atoms with Crippen LogP contribution in [0.15, 0.2) is 48.7 Å². The molecule has 9 heteroatoms. The zero-order chi connectivity index (χ0) is 25.8. The highest BCUT2D eigenvalue weighted by molar-refractivity contribution is 5.97. The predicted octanol–water partition coefficient (Wildman–Crippen LogP) is 4.11. The number of rotatable bonds is 7. The molecule has 0 atom stereocenters. The highest BCUT2D eigenvalue weighted by atomic mass is 16.5. The molecule has 5 rings (SSSR count). The number of anilines is 2. The Kier molecular flexibility index (Phi) is 7.20. The molecule has 1 N–H and O–H groups in total. The summed E-state index contributed by atoms with van der Waals surface area (Å²) in [6, 6.07) is 13.8. The second-order valence-electron chi connectivity index (χ2n) is 9.36. The maximum atomic E-state index is 13.3. The SMILES string of the molecule is COc1ccc(COc2nc(N3CCc4cc(C)ccc43)ncc2C(=O)NN2CCCCCC2=O)cc1. The number of methoxy groups -OCH3 is 1. The predicted molar refractivity (Wildman–Crippen MR) is 139 cm³/mol. The average molecular weight is 502 g/mol. The first-order valence-electron chi connectivity index (χ1n) is 12.6. The quantitative estimate of drug-likeness (QED) is 0.520. The summed E-state index contributed by atoms with van der Waals surface area (Å²) in [7, 11) is 1.62. The highest BCUT2D eigenvalue weighted by Gasteiger charge is 2.26. The fourth-order valence-electron chi connectivity index (χ4n) is 4.65. The normalized spacial score (nSPS) is 15.2. The van der Waals surface area contributed by atoms with Crippen molar-refractivity contribution in [3.63, 3.8) is 0 Å². The van der Waals surface area contributed by atoms with E-state index in [2.05, 4.69) is 40.5 Å². The van der Waals surface area contributed by atoms with Crippen molar-refractivity contribution in [3.8, 4) is 11.6 Å². The van der Waals surface area contributed by atoms with Gasteiger partial charge in [0.25, 0.3) is 5.91 Å². The van der Waals surface area contributed by atoms with Crippen LogP contribution in [0.5, 0.6) is 11.6 Å². The molecule has 1 fully saturated rings. The first kappa shape index (κ1) is 24.5. The minimum Gasteiger partial charge on any atom is -0.497 e. The third kappa shape index (κ3) is 5.50. The number of carbonyl (C=O) groups is 2. The Balaban J connectivity index is 1.42. The number of hydrogen-bond donors (Lipinski definition) is 1. The zero-order valence-corrected chi connectivity index (χ0v) is 21.2. The van der Waals surface area contributed by atoms with Gasteiger partial charge in [-0.1, -0.05) is 36.2 Å². The van der Waals surface area contributed by atoms with Gasteiger partial charge in [0.2, 0.25) is 17.7 Å². The number of nitrogens with zero attached hydrogens (tertiary/aromatic N) is 4. The van der Waals surface area contributed by atoms with E-state index in [9.17, 15) is 9.59 Å². The molecule has 2 aliphatic rings. The molecule has 0 aliphatic carbocycles. The molecule has 0 bridgehead atoms. The van der Waals surface area contributed by atoms with E-state index in [1.807, 2.05) is 29.2 Å². The summed E-state index contributed by atoms with van der Waals surface area (Å²) >= 11 is 0. The van der Waals surface area contributed by atoms with Crippen LogP contribution in [0.3, 0.4) is 0 Å². The number of aromatic nitrogens is 2. The van der Waals surface area contributed by atoms with Crippen molar-refractivity contribution in [2.24, 2.45) is 0 Å². The Labute approximate surface area is 216 Å². The Morgan fingerprint density at radius 3 is 2.70 bits per heavy atom. The van der Waals surface area contributed by atoms with E-state index in [-0.39, 0.29) is 24.0 Å². The van der Waals surface area contributed by atoms with Crippen LogP contribution >= 0.6 is 0 Å². The molecule has 1 saturated heterocycles. The van der Waals surface area contributed by atoms with Crippen molar-refractivity contribution in [1.82, 2.24) is 20.4 Å². The lowest BCUT2D eigenvalue weighted by molar-refractivity contribution is -0.133. The van der Waals surface area contributed by atoms with E-state index in [4.69, 9.17) is 9.47 Å².